The number of Topliss-reactive ketones (excluding diaryl/α,β-unsaturated/α-hetero) is 1. The Morgan fingerprint density at radius 3 is 1.86 bits per heavy atom. The number of ketones is 1. The van der Waals surface area contributed by atoms with Crippen LogP contribution in [0.25, 0.3) is 0 Å². The predicted molar refractivity (Wildman–Crippen MR) is 216 cm³/mol. The monoisotopic (exact) mass is 821 g/mol. The Hall–Kier alpha value is -1.70. The number of unbranched alkanes of at least 4 members (excludes halogenated alkanes) is 17. The molecule has 0 saturated heterocycles. The van der Waals surface area contributed by atoms with Crippen LogP contribution < -0.4 is 0 Å². The van der Waals surface area contributed by atoms with Crippen LogP contribution >= 0.6 is 7.82 Å². The van der Waals surface area contributed by atoms with E-state index in [2.05, 4.69) is 18.4 Å². The largest absolute Gasteiger partial charge is 0.472 e. The van der Waals surface area contributed by atoms with Crippen LogP contribution in [-0.4, -0.2) is 93.9 Å². The van der Waals surface area contributed by atoms with Gasteiger partial charge in [0, 0.05) is 31.1 Å². The molecule has 0 aliphatic heterocycles. The van der Waals surface area contributed by atoms with Gasteiger partial charge in [0.1, 0.15) is 18.5 Å². The third-order valence-electron chi connectivity index (χ3n) is 10.3. The van der Waals surface area contributed by atoms with Crippen LogP contribution in [-0.2, 0) is 37.5 Å². The van der Waals surface area contributed by atoms with Gasteiger partial charge in [0.25, 0.3) is 0 Å². The average molecular weight is 821 g/mol. The van der Waals surface area contributed by atoms with Gasteiger partial charge in [-0.2, -0.15) is 0 Å². The Morgan fingerprint density at radius 2 is 1.27 bits per heavy atom. The van der Waals surface area contributed by atoms with Gasteiger partial charge in [-0.3, -0.25) is 23.4 Å². The summed E-state index contributed by atoms with van der Waals surface area (Å²) in [7, 11) is -4.68. The Balaban J connectivity index is 2.46. The molecule has 1 unspecified atom stereocenters. The van der Waals surface area contributed by atoms with Crippen molar-refractivity contribution in [3.8, 4) is 0 Å². The van der Waals surface area contributed by atoms with Gasteiger partial charge < -0.3 is 34.8 Å². The predicted octanol–water partition coefficient (Wildman–Crippen LogP) is 7.81. The maximum absolute atomic E-state index is 12.7. The number of ether oxygens (including phenoxy) is 2. The number of hydrogen-bond donors (Lipinski definition) is 5. The van der Waals surface area contributed by atoms with E-state index in [4.69, 9.17) is 19.1 Å². The smallest absolute Gasteiger partial charge is 0.462 e. The molecule has 1 saturated carbocycles. The van der Waals surface area contributed by atoms with E-state index in [-0.39, 0.29) is 43.5 Å². The maximum atomic E-state index is 12.7. The second kappa shape index (κ2) is 33.2. The molecule has 0 bridgehead atoms. The number of hydrogen-bond acceptors (Lipinski definition) is 12. The highest BCUT2D eigenvalue weighted by molar-refractivity contribution is 7.47. The first-order chi connectivity index (χ1) is 26.9. The third kappa shape index (κ3) is 27.1. The molecule has 0 aromatic carbocycles. The molecule has 1 aliphatic rings. The van der Waals surface area contributed by atoms with E-state index in [0.717, 1.165) is 51.4 Å². The molecular weight excluding hydrogens is 743 g/mol. The number of esters is 2. The number of carbonyl (C=O) groups is 3. The molecule has 5 N–H and O–H groups in total. The third-order valence-corrected chi connectivity index (χ3v) is 11.3. The SMILES string of the molecule is CCCCCCCCCCCCCCCC(=O)OC[C@H](COP(=O)(O)OC[C@@H](O)CO)OC(=O)CCCCCC[C@H]1C(=O)C[C@@H](O)[C@@H]1/C=C/[C@@H](O)CCCCC. The van der Waals surface area contributed by atoms with Crippen molar-refractivity contribution in [3.63, 3.8) is 0 Å². The Kier molecular flexibility index (Phi) is 31.0. The minimum Gasteiger partial charge on any atom is -0.462 e. The summed E-state index contributed by atoms with van der Waals surface area (Å²) in [5.74, 6) is -1.68. The Bertz CT molecular complexity index is 1100. The molecule has 13 nitrogen and oxygen atoms in total. The van der Waals surface area contributed by atoms with Crippen LogP contribution in [0.5, 0.6) is 0 Å². The summed E-state index contributed by atoms with van der Waals surface area (Å²) in [6, 6.07) is 0. The van der Waals surface area contributed by atoms with Crippen molar-refractivity contribution in [1.82, 2.24) is 0 Å². The fraction of sp³-hybridized carbons (Fsp3) is 0.881. The van der Waals surface area contributed by atoms with E-state index in [9.17, 15) is 39.2 Å². The standard InChI is InChI=1S/C42H77O13P/c1-3-5-7-8-9-10-11-12-13-14-15-16-21-25-41(48)52-32-36(33-54-56(50,51)53-31-35(45)30-43)55-42(49)26-22-18-17-20-24-37-38(40(47)29-39(37)46)28-27-34(44)23-19-6-4-2/h27-28,34-38,40,43-45,47H,3-26,29-33H2,1-2H3,(H,50,51)/b28-27+/t34-,35-,36+,37+,38+,40+/m0/s1. The first-order valence-corrected chi connectivity index (χ1v) is 23.2. The van der Waals surface area contributed by atoms with E-state index in [1.165, 1.54) is 57.8 Å². The summed E-state index contributed by atoms with van der Waals surface area (Å²) in [5, 5.41) is 39.1. The summed E-state index contributed by atoms with van der Waals surface area (Å²) in [4.78, 5) is 47.7. The molecule has 1 rings (SSSR count). The molecule has 7 atom stereocenters. The van der Waals surface area contributed by atoms with E-state index in [0.29, 0.717) is 32.1 Å². The fourth-order valence-electron chi connectivity index (χ4n) is 6.89. The molecule has 0 amide bonds. The van der Waals surface area contributed by atoms with Crippen LogP contribution in [0.1, 0.15) is 174 Å². The second-order valence-electron chi connectivity index (χ2n) is 15.5. The lowest BCUT2D eigenvalue weighted by atomic mass is 9.88. The number of aliphatic hydroxyl groups excluding tert-OH is 4. The average Bonchev–Trinajstić information content (AvgIpc) is 3.44. The lowest BCUT2D eigenvalue weighted by molar-refractivity contribution is -0.161. The van der Waals surface area contributed by atoms with Crippen molar-refractivity contribution in [1.29, 1.82) is 0 Å². The summed E-state index contributed by atoms with van der Waals surface area (Å²) >= 11 is 0. The summed E-state index contributed by atoms with van der Waals surface area (Å²) < 4.78 is 32.7. The van der Waals surface area contributed by atoms with E-state index in [1.54, 1.807) is 12.2 Å². The highest BCUT2D eigenvalue weighted by Gasteiger charge is 2.39. The molecule has 0 aromatic heterocycles. The zero-order chi connectivity index (χ0) is 41.4. The van der Waals surface area contributed by atoms with Gasteiger partial charge in [0.05, 0.1) is 32.0 Å². The van der Waals surface area contributed by atoms with E-state index < -0.39 is 64.0 Å². The number of phosphoric acid groups is 1. The number of phosphoric ester groups is 1. The first kappa shape index (κ1) is 52.3. The fourth-order valence-corrected chi connectivity index (χ4v) is 7.68. The van der Waals surface area contributed by atoms with Crippen molar-refractivity contribution in [2.24, 2.45) is 11.8 Å². The van der Waals surface area contributed by atoms with Gasteiger partial charge in [-0.1, -0.05) is 142 Å². The summed E-state index contributed by atoms with van der Waals surface area (Å²) in [5.41, 5.74) is 0. The zero-order valence-electron chi connectivity index (χ0n) is 34.6. The summed E-state index contributed by atoms with van der Waals surface area (Å²) in [6.45, 7) is 2.01. The molecule has 56 heavy (non-hydrogen) atoms. The van der Waals surface area contributed by atoms with Crippen molar-refractivity contribution in [2.75, 3.05) is 26.4 Å². The quantitative estimate of drug-likeness (QED) is 0.0176. The van der Waals surface area contributed by atoms with Crippen LogP contribution in [0.15, 0.2) is 12.2 Å². The highest BCUT2D eigenvalue weighted by atomic mass is 31.2. The molecule has 1 fully saturated rings. The molecule has 328 valence electrons. The Labute approximate surface area is 336 Å². The molecule has 1 aliphatic carbocycles. The summed E-state index contributed by atoms with van der Waals surface area (Å²) in [6.07, 6.45) is 22.2. The second-order valence-corrected chi connectivity index (χ2v) is 17.0. The van der Waals surface area contributed by atoms with Crippen molar-refractivity contribution in [3.05, 3.63) is 12.2 Å². The Morgan fingerprint density at radius 1 is 0.750 bits per heavy atom. The zero-order valence-corrected chi connectivity index (χ0v) is 35.5. The maximum Gasteiger partial charge on any atom is 0.472 e. The van der Waals surface area contributed by atoms with Gasteiger partial charge in [-0.05, 0) is 25.7 Å². The first-order valence-electron chi connectivity index (χ1n) is 21.7. The number of aliphatic hydroxyl groups is 4. The van der Waals surface area contributed by atoms with Crippen molar-refractivity contribution >= 4 is 25.5 Å². The van der Waals surface area contributed by atoms with Crippen LogP contribution in [0.2, 0.25) is 0 Å². The van der Waals surface area contributed by atoms with Crippen LogP contribution in [0.3, 0.4) is 0 Å². The minimum atomic E-state index is -4.68. The van der Waals surface area contributed by atoms with Gasteiger partial charge >= 0.3 is 19.8 Å². The molecule has 0 spiro atoms. The van der Waals surface area contributed by atoms with E-state index in [1.807, 2.05) is 0 Å². The van der Waals surface area contributed by atoms with Crippen molar-refractivity contribution in [2.45, 2.75) is 199 Å². The lowest BCUT2D eigenvalue weighted by Gasteiger charge is -2.20. The normalized spacial score (nSPS) is 19.9. The molecule has 14 heteroatoms. The van der Waals surface area contributed by atoms with Gasteiger partial charge in [0.15, 0.2) is 6.10 Å². The molecule has 0 heterocycles. The molecular formula is C42H77O13P. The number of rotatable bonds is 37. The van der Waals surface area contributed by atoms with Gasteiger partial charge in [0.2, 0.25) is 0 Å². The highest BCUT2D eigenvalue weighted by Crippen LogP contribution is 2.43. The van der Waals surface area contributed by atoms with Crippen LogP contribution in [0, 0.1) is 11.8 Å². The van der Waals surface area contributed by atoms with E-state index >= 15 is 0 Å². The van der Waals surface area contributed by atoms with Crippen LogP contribution in [0.4, 0.5) is 0 Å². The topological polar surface area (TPSA) is 206 Å². The minimum absolute atomic E-state index is 0.0249. The van der Waals surface area contributed by atoms with Crippen molar-refractivity contribution < 1.29 is 62.8 Å². The lowest BCUT2D eigenvalue weighted by Crippen LogP contribution is -2.29. The molecule has 0 aromatic rings. The molecule has 0 radical (unpaired) electrons. The van der Waals surface area contributed by atoms with Gasteiger partial charge in [-0.15, -0.1) is 0 Å². The van der Waals surface area contributed by atoms with Gasteiger partial charge in [-0.25, -0.2) is 4.57 Å². The number of carbonyl (C=O) groups excluding carboxylic acids is 3.